The number of hydrogen-bond acceptors (Lipinski definition) is 3. The Morgan fingerprint density at radius 1 is 1.11 bits per heavy atom. The van der Waals surface area contributed by atoms with Crippen molar-refractivity contribution in [3.05, 3.63) is 0 Å². The molecule has 18 heavy (non-hydrogen) atoms. The monoisotopic (exact) mass is 255 g/mol. The van der Waals surface area contributed by atoms with Gasteiger partial charge in [0.15, 0.2) is 5.78 Å². The summed E-state index contributed by atoms with van der Waals surface area (Å²) < 4.78 is 0.603. The molecule has 0 radical (unpaired) electrons. The smallest absolute Gasteiger partial charge is 0.192 e. The summed E-state index contributed by atoms with van der Waals surface area (Å²) in [4.78, 5) is 22.4. The summed E-state index contributed by atoms with van der Waals surface area (Å²) in [6, 6.07) is 0. The molecule has 0 bridgehead atoms. The summed E-state index contributed by atoms with van der Waals surface area (Å²) in [7, 11) is 2.08. The van der Waals surface area contributed by atoms with Crippen molar-refractivity contribution in [1.29, 1.82) is 0 Å². The summed E-state index contributed by atoms with van der Waals surface area (Å²) >= 11 is 0. The highest BCUT2D eigenvalue weighted by Crippen LogP contribution is 2.44. The van der Waals surface area contributed by atoms with Gasteiger partial charge in [-0.2, -0.15) is 0 Å². The number of hydrogen-bond donors (Lipinski definition) is 0. The number of nitrogens with zero attached hydrogens (tertiary/aromatic N) is 1. The van der Waals surface area contributed by atoms with E-state index in [4.69, 9.17) is 0 Å². The highest BCUT2D eigenvalue weighted by atomic mass is 16.4. The molecule has 1 aliphatic rings. The van der Waals surface area contributed by atoms with E-state index < -0.39 is 12.4 Å². The molecule has 0 aromatic carbocycles. The van der Waals surface area contributed by atoms with Crippen molar-refractivity contribution in [3.63, 3.8) is 0 Å². The third-order valence-corrected chi connectivity index (χ3v) is 5.08. The van der Waals surface area contributed by atoms with Gasteiger partial charge in [0.2, 0.25) is 0 Å². The average molecular weight is 255 g/mol. The molecule has 0 amide bonds. The van der Waals surface area contributed by atoms with Gasteiger partial charge in [-0.15, -0.1) is 0 Å². The summed E-state index contributed by atoms with van der Waals surface area (Å²) in [6.07, 6.45) is 2.81. The minimum absolute atomic E-state index is 0.0106. The first kappa shape index (κ1) is 15.2. The molecular formula is C14H25NO3. The molecule has 1 rings (SSSR count). The molecule has 0 spiro atoms. The van der Waals surface area contributed by atoms with E-state index in [0.29, 0.717) is 4.48 Å². The van der Waals surface area contributed by atoms with Crippen LogP contribution in [0, 0.1) is 0 Å². The van der Waals surface area contributed by atoms with Gasteiger partial charge < -0.3 is 14.4 Å². The molecule has 0 saturated carbocycles. The first-order valence-electron chi connectivity index (χ1n) is 6.59. The van der Waals surface area contributed by atoms with Crippen molar-refractivity contribution in [2.24, 2.45) is 0 Å². The number of ketones is 1. The van der Waals surface area contributed by atoms with Crippen molar-refractivity contribution in [1.82, 2.24) is 0 Å². The second-order valence-electron chi connectivity index (χ2n) is 6.92. The maximum absolute atomic E-state index is 11.9. The number of rotatable bonds is 4. The molecule has 1 fully saturated rings. The lowest BCUT2D eigenvalue weighted by molar-refractivity contribution is -0.996. The molecule has 4 nitrogen and oxygen atoms in total. The Bertz CT molecular complexity index is 342. The van der Waals surface area contributed by atoms with Gasteiger partial charge in [-0.3, -0.25) is 4.79 Å². The first-order chi connectivity index (χ1) is 8.02. The SMILES string of the molecule is CC1(C)CCCC(C)(C)[N+]1(C)CC(=O)CC(=O)[O-]. The normalized spacial score (nSPS) is 24.5. The number of carbonyl (C=O) groups is 2. The van der Waals surface area contributed by atoms with Crippen LogP contribution < -0.4 is 5.11 Å². The van der Waals surface area contributed by atoms with Crippen LogP contribution in [-0.4, -0.2) is 40.9 Å². The van der Waals surface area contributed by atoms with Crippen molar-refractivity contribution in [3.8, 4) is 0 Å². The van der Waals surface area contributed by atoms with Crippen molar-refractivity contribution in [2.75, 3.05) is 13.6 Å². The molecule has 1 saturated heterocycles. The van der Waals surface area contributed by atoms with Gasteiger partial charge in [-0.05, 0) is 34.1 Å². The zero-order valence-corrected chi connectivity index (χ0v) is 12.2. The molecule has 1 heterocycles. The number of carboxylic acids is 1. The Hall–Kier alpha value is -0.900. The Morgan fingerprint density at radius 3 is 1.94 bits per heavy atom. The largest absolute Gasteiger partial charge is 0.550 e. The average Bonchev–Trinajstić information content (AvgIpc) is 2.12. The van der Waals surface area contributed by atoms with E-state index in [-0.39, 0.29) is 23.4 Å². The lowest BCUT2D eigenvalue weighted by Gasteiger charge is -2.59. The fourth-order valence-corrected chi connectivity index (χ4v) is 3.26. The Kier molecular flexibility index (Phi) is 3.92. The molecule has 104 valence electrons. The molecule has 0 unspecified atom stereocenters. The number of quaternary nitrogens is 1. The van der Waals surface area contributed by atoms with E-state index in [1.807, 2.05) is 0 Å². The predicted molar refractivity (Wildman–Crippen MR) is 67.7 cm³/mol. The molecule has 0 atom stereocenters. The van der Waals surface area contributed by atoms with Crippen LogP contribution in [0.1, 0.15) is 53.4 Å². The quantitative estimate of drug-likeness (QED) is 0.553. The van der Waals surface area contributed by atoms with E-state index in [0.717, 1.165) is 19.3 Å². The summed E-state index contributed by atoms with van der Waals surface area (Å²) in [5.41, 5.74) is -0.0211. The minimum Gasteiger partial charge on any atom is -0.550 e. The van der Waals surface area contributed by atoms with Crippen molar-refractivity contribution < 1.29 is 19.2 Å². The van der Waals surface area contributed by atoms with Gasteiger partial charge in [0, 0.05) is 18.8 Å². The van der Waals surface area contributed by atoms with Crippen LogP contribution in [0.5, 0.6) is 0 Å². The van der Waals surface area contributed by atoms with Gasteiger partial charge in [-0.1, -0.05) is 0 Å². The van der Waals surface area contributed by atoms with E-state index in [9.17, 15) is 14.7 Å². The second kappa shape index (κ2) is 4.65. The lowest BCUT2D eigenvalue weighted by atomic mass is 9.76. The number of piperidine rings is 1. The lowest BCUT2D eigenvalue weighted by Crippen LogP contribution is -2.72. The number of likely N-dealkylation sites (tertiary alicyclic amines) is 1. The van der Waals surface area contributed by atoms with Crippen molar-refractivity contribution in [2.45, 2.75) is 64.5 Å². The molecule has 0 aromatic rings. The number of Topliss-reactive ketones (excluding diaryl/α,β-unsaturated/α-hetero) is 1. The van der Waals surface area contributed by atoms with Crippen LogP contribution in [0.2, 0.25) is 0 Å². The summed E-state index contributed by atoms with van der Waals surface area (Å²) in [5, 5.41) is 10.5. The summed E-state index contributed by atoms with van der Waals surface area (Å²) in [6.45, 7) is 8.94. The summed E-state index contributed by atoms with van der Waals surface area (Å²) in [5.74, 6) is -1.51. The Morgan fingerprint density at radius 2 is 1.56 bits per heavy atom. The van der Waals surface area contributed by atoms with Crippen LogP contribution in [0.25, 0.3) is 0 Å². The number of aliphatic carboxylic acids is 1. The molecule has 0 N–H and O–H groups in total. The van der Waals surface area contributed by atoms with Crippen LogP contribution in [0.4, 0.5) is 0 Å². The van der Waals surface area contributed by atoms with Crippen molar-refractivity contribution >= 4 is 11.8 Å². The van der Waals surface area contributed by atoms with Crippen LogP contribution in [0.15, 0.2) is 0 Å². The molecule has 4 heteroatoms. The van der Waals surface area contributed by atoms with Gasteiger partial charge in [-0.25, -0.2) is 0 Å². The zero-order valence-electron chi connectivity index (χ0n) is 12.2. The van der Waals surface area contributed by atoms with E-state index in [1.54, 1.807) is 0 Å². The highest BCUT2D eigenvalue weighted by molar-refractivity contribution is 5.94. The molecule has 0 aromatic heterocycles. The van der Waals surface area contributed by atoms with E-state index in [2.05, 4.69) is 34.7 Å². The maximum Gasteiger partial charge on any atom is 0.192 e. The van der Waals surface area contributed by atoms with Gasteiger partial charge in [0.1, 0.15) is 6.54 Å². The predicted octanol–water partition coefficient (Wildman–Crippen LogP) is 0.883. The van der Waals surface area contributed by atoms with Crippen LogP contribution >= 0.6 is 0 Å². The molecule has 1 aliphatic heterocycles. The Labute approximate surface area is 110 Å². The number of likely N-dealkylation sites (N-methyl/N-ethyl adjacent to an activating group) is 1. The highest BCUT2D eigenvalue weighted by Gasteiger charge is 2.53. The van der Waals surface area contributed by atoms with Gasteiger partial charge in [0.05, 0.1) is 24.5 Å². The Balaban J connectivity index is 2.97. The minimum atomic E-state index is -1.28. The standard InChI is InChI=1S/C14H25NO3/c1-13(2)7-6-8-14(3,4)15(13,5)10-11(16)9-12(17)18/h6-10H2,1-5H3. The first-order valence-corrected chi connectivity index (χ1v) is 6.59. The number of carbonyl (C=O) groups excluding carboxylic acids is 2. The van der Waals surface area contributed by atoms with Crippen LogP contribution in [-0.2, 0) is 9.59 Å². The van der Waals surface area contributed by atoms with E-state index >= 15 is 0 Å². The topological polar surface area (TPSA) is 57.2 Å². The van der Waals surface area contributed by atoms with Gasteiger partial charge >= 0.3 is 0 Å². The van der Waals surface area contributed by atoms with Crippen LogP contribution in [0.3, 0.4) is 0 Å². The third kappa shape index (κ3) is 2.58. The van der Waals surface area contributed by atoms with Gasteiger partial charge in [0.25, 0.3) is 0 Å². The fourth-order valence-electron chi connectivity index (χ4n) is 3.26. The molecular weight excluding hydrogens is 230 g/mol. The third-order valence-electron chi connectivity index (χ3n) is 5.08. The fraction of sp³-hybridized carbons (Fsp3) is 0.857. The number of carboxylic acid groups (broad SMARTS) is 1. The molecule has 0 aliphatic carbocycles. The van der Waals surface area contributed by atoms with E-state index in [1.165, 1.54) is 0 Å². The zero-order chi connectivity index (χ0) is 14.2. The second-order valence-corrected chi connectivity index (χ2v) is 6.92. The maximum atomic E-state index is 11.9.